The Kier molecular flexibility index (Phi) is 5.00. The lowest BCUT2D eigenvalue weighted by Gasteiger charge is -2.33. The third kappa shape index (κ3) is 3.20. The maximum Gasteiger partial charge on any atom is 0.240 e. The molecule has 30 heavy (non-hydrogen) atoms. The number of benzene rings is 2. The molecule has 3 aliphatic rings. The van der Waals surface area contributed by atoms with Crippen LogP contribution in [0.25, 0.3) is 0 Å². The highest BCUT2D eigenvalue weighted by Crippen LogP contribution is 2.53. The normalized spacial score (nSPS) is 30.7. The predicted molar refractivity (Wildman–Crippen MR) is 117 cm³/mol. The molecule has 0 aromatic heterocycles. The lowest BCUT2D eigenvalue weighted by molar-refractivity contribution is 0.262. The van der Waals surface area contributed by atoms with Crippen LogP contribution in [0.1, 0.15) is 25.7 Å². The van der Waals surface area contributed by atoms with Crippen LogP contribution in [0.2, 0.25) is 0 Å². The van der Waals surface area contributed by atoms with Crippen molar-refractivity contribution in [2.75, 3.05) is 31.6 Å². The molecule has 1 aliphatic carbocycles. The van der Waals surface area contributed by atoms with Gasteiger partial charge < -0.3 is 9.64 Å². The van der Waals surface area contributed by atoms with Gasteiger partial charge in [-0.15, -0.1) is 0 Å². The van der Waals surface area contributed by atoms with Crippen molar-refractivity contribution in [1.82, 2.24) is 9.62 Å². The third-order valence-electron chi connectivity index (χ3n) is 7.12. The number of hydrogen-bond donors (Lipinski definition) is 1. The van der Waals surface area contributed by atoms with Crippen LogP contribution < -0.4 is 14.4 Å². The van der Waals surface area contributed by atoms with Gasteiger partial charge in [0.2, 0.25) is 10.0 Å². The molecule has 2 saturated heterocycles. The lowest BCUT2D eigenvalue weighted by atomic mass is 9.81. The summed E-state index contributed by atoms with van der Waals surface area (Å²) in [5, 5.41) is 0. The van der Waals surface area contributed by atoms with Crippen molar-refractivity contribution in [3.8, 4) is 5.75 Å². The highest BCUT2D eigenvalue weighted by molar-refractivity contribution is 7.89. The van der Waals surface area contributed by atoms with Gasteiger partial charge >= 0.3 is 0 Å². The van der Waals surface area contributed by atoms with Gasteiger partial charge in [-0.25, -0.2) is 13.1 Å². The van der Waals surface area contributed by atoms with Gasteiger partial charge in [-0.2, -0.15) is 0 Å². The van der Waals surface area contributed by atoms with Crippen LogP contribution in [0.15, 0.2) is 59.5 Å². The van der Waals surface area contributed by atoms with Crippen LogP contribution >= 0.6 is 0 Å². The maximum absolute atomic E-state index is 13.0. The number of para-hydroxylation sites is 2. The SMILES string of the molecule is COc1ccccc1N1CCN2[C@H](C1)[C@]21CCCC[C@H]1NS(=O)(=O)c1ccccc1. The Bertz CT molecular complexity index is 1010. The summed E-state index contributed by atoms with van der Waals surface area (Å²) in [6, 6.07) is 17.2. The van der Waals surface area contributed by atoms with Gasteiger partial charge in [0.1, 0.15) is 5.75 Å². The quantitative estimate of drug-likeness (QED) is 0.744. The third-order valence-corrected chi connectivity index (χ3v) is 8.61. The van der Waals surface area contributed by atoms with E-state index in [1.54, 1.807) is 31.4 Å². The van der Waals surface area contributed by atoms with Crippen molar-refractivity contribution < 1.29 is 13.2 Å². The molecule has 2 aromatic carbocycles. The molecule has 4 atom stereocenters. The fourth-order valence-corrected chi connectivity index (χ4v) is 7.02. The van der Waals surface area contributed by atoms with E-state index in [4.69, 9.17) is 4.74 Å². The molecule has 0 amide bonds. The smallest absolute Gasteiger partial charge is 0.240 e. The molecule has 0 radical (unpaired) electrons. The van der Waals surface area contributed by atoms with E-state index in [0.29, 0.717) is 10.9 Å². The molecule has 2 aromatic rings. The number of hydrogen-bond acceptors (Lipinski definition) is 5. The van der Waals surface area contributed by atoms with E-state index in [1.165, 1.54) is 0 Å². The molecule has 2 heterocycles. The largest absolute Gasteiger partial charge is 0.495 e. The number of anilines is 1. The van der Waals surface area contributed by atoms with Crippen molar-refractivity contribution in [2.45, 2.75) is 48.2 Å². The number of methoxy groups -OCH3 is 1. The Morgan fingerprint density at radius 1 is 1.03 bits per heavy atom. The molecule has 7 heteroatoms. The van der Waals surface area contributed by atoms with E-state index in [1.807, 2.05) is 24.3 Å². The summed E-state index contributed by atoms with van der Waals surface area (Å²) in [6.45, 7) is 2.78. The molecule has 2 aliphatic heterocycles. The topological polar surface area (TPSA) is 61.6 Å². The average Bonchev–Trinajstić information content (AvgIpc) is 3.42. The van der Waals surface area contributed by atoms with Gasteiger partial charge in [-0.05, 0) is 37.1 Å². The molecule has 6 nitrogen and oxygen atoms in total. The number of nitrogens with zero attached hydrogens (tertiary/aromatic N) is 2. The Hall–Kier alpha value is -2.09. The fraction of sp³-hybridized carbons (Fsp3) is 0.478. The first-order chi connectivity index (χ1) is 14.6. The summed E-state index contributed by atoms with van der Waals surface area (Å²) in [5.74, 6) is 0.894. The Morgan fingerprint density at radius 2 is 1.80 bits per heavy atom. The van der Waals surface area contributed by atoms with Gasteiger partial charge in [0.05, 0.1) is 23.2 Å². The Morgan fingerprint density at radius 3 is 2.60 bits per heavy atom. The molecule has 1 saturated carbocycles. The summed E-state index contributed by atoms with van der Waals surface area (Å²) < 4.78 is 34.7. The number of piperazine rings is 1. The van der Waals surface area contributed by atoms with E-state index in [9.17, 15) is 8.42 Å². The van der Waals surface area contributed by atoms with E-state index in [-0.39, 0.29) is 11.6 Å². The highest BCUT2D eigenvalue weighted by Gasteiger charge is 2.68. The second-order valence-electron chi connectivity index (χ2n) is 8.55. The van der Waals surface area contributed by atoms with Crippen molar-refractivity contribution in [3.05, 3.63) is 54.6 Å². The first-order valence-electron chi connectivity index (χ1n) is 10.8. The first-order valence-corrected chi connectivity index (χ1v) is 12.3. The number of rotatable bonds is 5. The van der Waals surface area contributed by atoms with Gasteiger partial charge in [-0.1, -0.05) is 43.2 Å². The van der Waals surface area contributed by atoms with E-state index >= 15 is 0 Å². The molecule has 1 N–H and O–H groups in total. The zero-order valence-corrected chi connectivity index (χ0v) is 18.1. The minimum atomic E-state index is -3.52. The Labute approximate surface area is 178 Å². The molecule has 160 valence electrons. The minimum Gasteiger partial charge on any atom is -0.495 e. The molecular formula is C23H29N3O3S. The van der Waals surface area contributed by atoms with Crippen molar-refractivity contribution in [1.29, 1.82) is 0 Å². The zero-order valence-electron chi connectivity index (χ0n) is 17.3. The molecule has 0 bridgehead atoms. The summed E-state index contributed by atoms with van der Waals surface area (Å²) in [5.41, 5.74) is 1.07. The van der Waals surface area contributed by atoms with Crippen LogP contribution in [0, 0.1) is 0 Å². The first kappa shape index (κ1) is 19.8. The van der Waals surface area contributed by atoms with Gasteiger partial charge in [-0.3, -0.25) is 4.90 Å². The predicted octanol–water partition coefficient (Wildman–Crippen LogP) is 2.86. The van der Waals surface area contributed by atoms with E-state index in [2.05, 4.69) is 20.6 Å². The van der Waals surface area contributed by atoms with Gasteiger partial charge in [0.25, 0.3) is 0 Å². The molecule has 5 rings (SSSR count). The number of nitrogens with one attached hydrogen (secondary N) is 1. The summed E-state index contributed by atoms with van der Waals surface area (Å²) in [7, 11) is -1.81. The summed E-state index contributed by atoms with van der Waals surface area (Å²) in [4.78, 5) is 5.28. The lowest BCUT2D eigenvalue weighted by Crippen LogP contribution is -2.50. The van der Waals surface area contributed by atoms with Crippen LogP contribution in [-0.2, 0) is 10.0 Å². The van der Waals surface area contributed by atoms with Crippen LogP contribution in [0.5, 0.6) is 5.75 Å². The van der Waals surface area contributed by atoms with Crippen LogP contribution in [0.4, 0.5) is 5.69 Å². The zero-order chi connectivity index (χ0) is 20.8. The average molecular weight is 428 g/mol. The fourth-order valence-electron chi connectivity index (χ4n) is 5.67. The Balaban J connectivity index is 1.38. The van der Waals surface area contributed by atoms with Gasteiger partial charge in [0.15, 0.2) is 0 Å². The molecule has 3 fully saturated rings. The van der Waals surface area contributed by atoms with Crippen molar-refractivity contribution in [2.24, 2.45) is 0 Å². The van der Waals surface area contributed by atoms with Crippen molar-refractivity contribution >= 4 is 15.7 Å². The number of fused-ring (bicyclic) bond motifs is 3. The van der Waals surface area contributed by atoms with Gasteiger partial charge in [0, 0.05) is 31.7 Å². The highest BCUT2D eigenvalue weighted by atomic mass is 32.2. The van der Waals surface area contributed by atoms with Crippen LogP contribution in [-0.4, -0.2) is 57.7 Å². The van der Waals surface area contributed by atoms with E-state index < -0.39 is 10.0 Å². The monoisotopic (exact) mass is 427 g/mol. The second-order valence-corrected chi connectivity index (χ2v) is 10.3. The molecule has 1 spiro atoms. The minimum absolute atomic E-state index is 0.0425. The summed E-state index contributed by atoms with van der Waals surface area (Å²) >= 11 is 0. The van der Waals surface area contributed by atoms with Crippen molar-refractivity contribution in [3.63, 3.8) is 0 Å². The standard InChI is InChI=1S/C23H29N3O3S/c1-29-20-12-6-5-11-19(20)25-15-16-26-22(17-25)23(26)14-8-7-13-21(23)24-30(27,28)18-9-3-2-4-10-18/h2-6,9-12,21-22,24H,7-8,13-17H2,1H3/t21-,22-,23-,26?/m1/s1. The van der Waals surface area contributed by atoms with E-state index in [0.717, 1.165) is 56.8 Å². The molecule has 1 unspecified atom stereocenters. The van der Waals surface area contributed by atoms with Crippen LogP contribution in [0.3, 0.4) is 0 Å². The maximum atomic E-state index is 13.0. The second kappa shape index (κ2) is 7.55. The summed E-state index contributed by atoms with van der Waals surface area (Å²) in [6.07, 6.45) is 4.18. The molecular weight excluding hydrogens is 398 g/mol. The number of sulfonamides is 1. The number of ether oxygens (including phenoxy) is 1.